The normalized spacial score (nSPS) is 12.9. The molecule has 0 spiro atoms. The van der Waals surface area contributed by atoms with E-state index in [-0.39, 0.29) is 18.0 Å². The summed E-state index contributed by atoms with van der Waals surface area (Å²) in [4.78, 5) is 15.5. The summed E-state index contributed by atoms with van der Waals surface area (Å²) in [5.74, 6) is -0.925. The van der Waals surface area contributed by atoms with Gasteiger partial charge in [0.25, 0.3) is 0 Å². The highest BCUT2D eigenvalue weighted by molar-refractivity contribution is 6.31. The van der Waals surface area contributed by atoms with Crippen molar-refractivity contribution >= 4 is 35.7 Å². The van der Waals surface area contributed by atoms with Gasteiger partial charge in [-0.25, -0.2) is 4.79 Å². The van der Waals surface area contributed by atoms with Gasteiger partial charge < -0.3 is 5.11 Å². The van der Waals surface area contributed by atoms with Crippen LogP contribution in [-0.2, 0) is 6.42 Å². The average Bonchev–Trinajstić information content (AvgIpc) is 2.46. The maximum absolute atomic E-state index is 10.9. The number of fused-ring (bicyclic) bond motifs is 1. The molecule has 0 aliphatic carbocycles. The van der Waals surface area contributed by atoms with E-state index in [1.807, 2.05) is 18.2 Å². The fourth-order valence-electron chi connectivity index (χ4n) is 2.38. The minimum Gasteiger partial charge on any atom is -0.478 e. The van der Waals surface area contributed by atoms with Crippen molar-refractivity contribution in [3.8, 4) is 0 Å². The van der Waals surface area contributed by atoms with Gasteiger partial charge in [0.05, 0.1) is 11.3 Å². The Morgan fingerprint density at radius 1 is 1.14 bits per heavy atom. The van der Waals surface area contributed by atoms with Gasteiger partial charge in [0, 0.05) is 22.7 Å². The van der Waals surface area contributed by atoms with E-state index in [0.717, 1.165) is 29.8 Å². The van der Waals surface area contributed by atoms with Gasteiger partial charge in [-0.3, -0.25) is 4.99 Å². The zero-order valence-corrected chi connectivity index (χ0v) is 12.6. The molecule has 0 fully saturated rings. The van der Waals surface area contributed by atoms with Gasteiger partial charge in [-0.2, -0.15) is 0 Å². The molecule has 3 nitrogen and oxygen atoms in total. The van der Waals surface area contributed by atoms with Gasteiger partial charge in [-0.1, -0.05) is 29.8 Å². The van der Waals surface area contributed by atoms with E-state index in [2.05, 4.69) is 4.99 Å². The SMILES string of the molecule is Cl.O=C(O)c1ccc(C2=NCCc3ccc(Cl)cc32)cc1. The van der Waals surface area contributed by atoms with E-state index in [9.17, 15) is 4.79 Å². The van der Waals surface area contributed by atoms with Crippen LogP contribution in [-0.4, -0.2) is 23.3 Å². The smallest absolute Gasteiger partial charge is 0.335 e. The summed E-state index contributed by atoms with van der Waals surface area (Å²) in [6, 6.07) is 12.6. The minimum absolute atomic E-state index is 0. The number of aromatic carboxylic acids is 1. The van der Waals surface area contributed by atoms with E-state index in [1.54, 1.807) is 24.3 Å². The first-order valence-electron chi connectivity index (χ1n) is 6.32. The molecule has 0 atom stereocenters. The van der Waals surface area contributed by atoms with Crippen molar-refractivity contribution in [3.05, 3.63) is 69.7 Å². The quantitative estimate of drug-likeness (QED) is 0.913. The Kier molecular flexibility index (Phi) is 4.66. The molecule has 1 aliphatic heterocycles. The van der Waals surface area contributed by atoms with E-state index < -0.39 is 5.97 Å². The van der Waals surface area contributed by atoms with Gasteiger partial charge in [0.1, 0.15) is 0 Å². The summed E-state index contributed by atoms with van der Waals surface area (Å²) in [5, 5.41) is 9.61. The second-order valence-electron chi connectivity index (χ2n) is 4.66. The van der Waals surface area contributed by atoms with Gasteiger partial charge in [-0.05, 0) is 36.2 Å². The fourth-order valence-corrected chi connectivity index (χ4v) is 2.55. The highest BCUT2D eigenvalue weighted by atomic mass is 35.5. The Morgan fingerprint density at radius 3 is 2.52 bits per heavy atom. The van der Waals surface area contributed by atoms with Crippen LogP contribution in [0.1, 0.15) is 27.0 Å². The lowest BCUT2D eigenvalue weighted by molar-refractivity contribution is 0.0697. The summed E-state index contributed by atoms with van der Waals surface area (Å²) in [7, 11) is 0. The topological polar surface area (TPSA) is 49.7 Å². The molecule has 0 amide bonds. The van der Waals surface area contributed by atoms with Crippen molar-refractivity contribution in [2.24, 2.45) is 4.99 Å². The van der Waals surface area contributed by atoms with Crippen LogP contribution >= 0.6 is 24.0 Å². The Balaban J connectivity index is 0.00000161. The zero-order chi connectivity index (χ0) is 14.1. The number of rotatable bonds is 2. The number of carboxylic acid groups (broad SMARTS) is 1. The van der Waals surface area contributed by atoms with Crippen LogP contribution in [0.2, 0.25) is 5.02 Å². The molecular formula is C16H13Cl2NO2. The van der Waals surface area contributed by atoms with Crippen molar-refractivity contribution in [1.29, 1.82) is 0 Å². The number of hydrogen-bond acceptors (Lipinski definition) is 2. The van der Waals surface area contributed by atoms with E-state index in [0.29, 0.717) is 5.02 Å². The monoisotopic (exact) mass is 321 g/mol. The van der Waals surface area contributed by atoms with Crippen LogP contribution in [0.15, 0.2) is 47.5 Å². The molecule has 1 heterocycles. The van der Waals surface area contributed by atoms with E-state index in [1.165, 1.54) is 5.56 Å². The van der Waals surface area contributed by atoms with Crippen LogP contribution in [0, 0.1) is 0 Å². The molecule has 0 aromatic heterocycles. The summed E-state index contributed by atoms with van der Waals surface area (Å²) in [5.41, 5.74) is 4.33. The number of carbonyl (C=O) groups is 1. The summed E-state index contributed by atoms with van der Waals surface area (Å²) in [6.45, 7) is 0.741. The molecule has 108 valence electrons. The third kappa shape index (κ3) is 3.09. The molecule has 0 radical (unpaired) electrons. The standard InChI is InChI=1S/C16H12ClNO2.ClH/c17-13-6-5-10-7-8-18-15(14(10)9-13)11-1-3-12(4-2-11)16(19)20;/h1-6,9H,7-8H2,(H,19,20);1H. The van der Waals surface area contributed by atoms with Crippen molar-refractivity contribution in [1.82, 2.24) is 0 Å². The first-order chi connectivity index (χ1) is 9.65. The molecule has 0 unspecified atom stereocenters. The largest absolute Gasteiger partial charge is 0.478 e. The van der Waals surface area contributed by atoms with Gasteiger partial charge in [-0.15, -0.1) is 12.4 Å². The molecule has 2 aromatic rings. The molecule has 0 saturated heterocycles. The number of hydrogen-bond donors (Lipinski definition) is 1. The molecule has 0 saturated carbocycles. The molecule has 1 aliphatic rings. The van der Waals surface area contributed by atoms with Crippen molar-refractivity contribution in [2.45, 2.75) is 6.42 Å². The molecular weight excluding hydrogens is 309 g/mol. The Morgan fingerprint density at radius 2 is 1.86 bits per heavy atom. The number of benzene rings is 2. The Bertz CT molecular complexity index is 709. The lowest BCUT2D eigenvalue weighted by Gasteiger charge is -2.17. The summed E-state index contributed by atoms with van der Waals surface area (Å²) < 4.78 is 0. The number of halogens is 2. The number of aliphatic imine (C=N–C) groups is 1. The van der Waals surface area contributed by atoms with E-state index in [4.69, 9.17) is 16.7 Å². The highest BCUT2D eigenvalue weighted by Gasteiger charge is 2.16. The van der Waals surface area contributed by atoms with Gasteiger partial charge >= 0.3 is 5.97 Å². The Hall–Kier alpha value is -1.84. The van der Waals surface area contributed by atoms with Crippen LogP contribution in [0.3, 0.4) is 0 Å². The maximum atomic E-state index is 10.9. The Labute approximate surface area is 133 Å². The molecule has 1 N–H and O–H groups in total. The van der Waals surface area contributed by atoms with Crippen LogP contribution in [0.25, 0.3) is 0 Å². The molecule has 21 heavy (non-hydrogen) atoms. The average molecular weight is 322 g/mol. The predicted molar refractivity (Wildman–Crippen MR) is 86.3 cm³/mol. The fraction of sp³-hybridized carbons (Fsp3) is 0.125. The maximum Gasteiger partial charge on any atom is 0.335 e. The molecule has 2 aromatic carbocycles. The second-order valence-corrected chi connectivity index (χ2v) is 5.10. The third-order valence-corrected chi connectivity index (χ3v) is 3.62. The number of carboxylic acids is 1. The van der Waals surface area contributed by atoms with Crippen LogP contribution < -0.4 is 0 Å². The first kappa shape index (κ1) is 15.5. The highest BCUT2D eigenvalue weighted by Crippen LogP contribution is 2.24. The van der Waals surface area contributed by atoms with Crippen molar-refractivity contribution < 1.29 is 9.90 Å². The predicted octanol–water partition coefficient (Wildman–Crippen LogP) is 3.85. The van der Waals surface area contributed by atoms with Gasteiger partial charge in [0.2, 0.25) is 0 Å². The minimum atomic E-state index is -0.925. The van der Waals surface area contributed by atoms with E-state index >= 15 is 0 Å². The molecule has 5 heteroatoms. The number of nitrogens with zero attached hydrogens (tertiary/aromatic N) is 1. The van der Waals surface area contributed by atoms with Crippen molar-refractivity contribution in [2.75, 3.05) is 6.54 Å². The molecule has 0 bridgehead atoms. The second kappa shape index (κ2) is 6.29. The summed E-state index contributed by atoms with van der Waals surface area (Å²) >= 11 is 6.06. The first-order valence-corrected chi connectivity index (χ1v) is 6.70. The van der Waals surface area contributed by atoms with Gasteiger partial charge in [0.15, 0.2) is 0 Å². The lowest BCUT2D eigenvalue weighted by Crippen LogP contribution is -2.14. The zero-order valence-electron chi connectivity index (χ0n) is 11.0. The third-order valence-electron chi connectivity index (χ3n) is 3.38. The van der Waals surface area contributed by atoms with Crippen molar-refractivity contribution in [3.63, 3.8) is 0 Å². The molecule has 3 rings (SSSR count). The summed E-state index contributed by atoms with van der Waals surface area (Å²) in [6.07, 6.45) is 0.906. The van der Waals surface area contributed by atoms with Crippen LogP contribution in [0.4, 0.5) is 0 Å². The van der Waals surface area contributed by atoms with Crippen LogP contribution in [0.5, 0.6) is 0 Å². The lowest BCUT2D eigenvalue weighted by atomic mass is 9.93.